The van der Waals surface area contributed by atoms with Gasteiger partial charge >= 0.3 is 12.1 Å². The summed E-state index contributed by atoms with van der Waals surface area (Å²) in [5.74, 6) is -0.156. The number of hydrogen-bond acceptors (Lipinski definition) is 6. The van der Waals surface area contributed by atoms with E-state index < -0.39 is 23.4 Å². The zero-order valence-electron chi connectivity index (χ0n) is 26.6. The van der Waals surface area contributed by atoms with Crippen LogP contribution >= 0.6 is 0 Å². The van der Waals surface area contributed by atoms with Crippen molar-refractivity contribution in [1.29, 1.82) is 0 Å². The number of aromatic hydroxyl groups is 4. The predicted octanol–water partition coefficient (Wildman–Crippen LogP) is 6.72. The summed E-state index contributed by atoms with van der Waals surface area (Å²) in [4.78, 5) is 37.8. The summed E-state index contributed by atoms with van der Waals surface area (Å²) in [7, 11) is 0. The molecule has 0 atom stereocenters. The quantitative estimate of drug-likeness (QED) is 0.163. The average Bonchev–Trinajstić information content (AvgIpc) is 3.44. The highest BCUT2D eigenvalue weighted by Gasteiger charge is 2.80. The first-order valence-electron chi connectivity index (χ1n) is 16.5. The number of urea groups is 2. The molecule has 0 spiro atoms. The molecule has 4 aliphatic rings. The van der Waals surface area contributed by atoms with Gasteiger partial charge in [0.1, 0.15) is 23.0 Å². The Morgan fingerprint density at radius 2 is 0.680 bits per heavy atom. The van der Waals surface area contributed by atoms with Crippen molar-refractivity contribution in [2.24, 2.45) is 0 Å². The Morgan fingerprint density at radius 1 is 0.400 bits per heavy atom. The Morgan fingerprint density at radius 3 is 0.960 bits per heavy atom. The van der Waals surface area contributed by atoms with E-state index in [1.165, 1.54) is 0 Å². The summed E-state index contributed by atoms with van der Waals surface area (Å²) in [6.07, 6.45) is 0. The molecule has 4 amide bonds. The van der Waals surface area contributed by atoms with Gasteiger partial charge in [-0.2, -0.15) is 0 Å². The fourth-order valence-electron chi connectivity index (χ4n) is 9.35. The Hall–Kier alpha value is -6.42. The Bertz CT molecular complexity index is 2180. The number of carbonyl (C=O) groups excluding carboxylic acids is 2. The van der Waals surface area contributed by atoms with Crippen LogP contribution in [0.4, 0.5) is 9.59 Å². The molecule has 10 heteroatoms. The second kappa shape index (κ2) is 9.60. The van der Waals surface area contributed by atoms with E-state index in [4.69, 9.17) is 0 Å². The molecule has 4 N–H and O–H groups in total. The Kier molecular flexibility index (Phi) is 5.49. The summed E-state index contributed by atoms with van der Waals surface area (Å²) < 4.78 is 0. The Labute approximate surface area is 285 Å². The molecule has 6 aromatic carbocycles. The van der Waals surface area contributed by atoms with E-state index in [0.29, 0.717) is 44.2 Å². The van der Waals surface area contributed by atoms with Crippen molar-refractivity contribution < 1.29 is 30.0 Å². The molecule has 10 rings (SSSR count). The molecule has 4 aliphatic heterocycles. The van der Waals surface area contributed by atoms with Gasteiger partial charge in [-0.3, -0.25) is 19.6 Å². The highest BCUT2D eigenvalue weighted by Crippen LogP contribution is 2.65. The minimum atomic E-state index is -1.58. The molecule has 0 aromatic heterocycles. The molecular weight excluding hydrogens is 632 g/mol. The lowest BCUT2D eigenvalue weighted by molar-refractivity contribution is -0.0866. The molecule has 2 saturated heterocycles. The number of nitrogens with zero attached hydrogens (tertiary/aromatic N) is 4. The fourth-order valence-corrected chi connectivity index (χ4v) is 9.35. The van der Waals surface area contributed by atoms with Crippen molar-refractivity contribution in [3.8, 4) is 23.0 Å². The zero-order valence-corrected chi connectivity index (χ0v) is 26.6. The normalized spacial score (nSPS) is 22.1. The van der Waals surface area contributed by atoms with Gasteiger partial charge in [0.15, 0.2) is 11.3 Å². The van der Waals surface area contributed by atoms with Gasteiger partial charge < -0.3 is 20.4 Å². The van der Waals surface area contributed by atoms with Crippen LogP contribution in [-0.2, 0) is 37.5 Å². The van der Waals surface area contributed by atoms with Crippen molar-refractivity contribution in [1.82, 2.24) is 19.6 Å². The molecular formula is C40H30N4O6. The van der Waals surface area contributed by atoms with Gasteiger partial charge in [0.05, 0.1) is 26.2 Å². The number of amides is 4. The minimum Gasteiger partial charge on any atom is -0.508 e. The van der Waals surface area contributed by atoms with Gasteiger partial charge in [-0.25, -0.2) is 9.59 Å². The third-order valence-electron chi connectivity index (χ3n) is 11.3. The van der Waals surface area contributed by atoms with Crippen LogP contribution in [0.25, 0.3) is 21.5 Å². The van der Waals surface area contributed by atoms with E-state index in [-0.39, 0.29) is 49.2 Å². The number of carbonyl (C=O) groups is 2. The lowest BCUT2D eigenvalue weighted by Gasteiger charge is -2.51. The van der Waals surface area contributed by atoms with Crippen LogP contribution in [0.3, 0.4) is 0 Å². The van der Waals surface area contributed by atoms with Gasteiger partial charge in [0.2, 0.25) is 0 Å². The van der Waals surface area contributed by atoms with Gasteiger partial charge in [-0.05, 0) is 45.8 Å². The molecule has 0 radical (unpaired) electrons. The van der Waals surface area contributed by atoms with Gasteiger partial charge in [0, 0.05) is 33.4 Å². The van der Waals surface area contributed by atoms with Crippen LogP contribution < -0.4 is 0 Å². The summed E-state index contributed by atoms with van der Waals surface area (Å²) >= 11 is 0. The maximum Gasteiger partial charge on any atom is 0.325 e. The standard InChI is InChI=1S/C40H30N4O6/c45-31-15-11-23-12-16-32(46)28-20-42-38(50)44-22-30-34(48)18-14-24-13-17-33(47)29(36(24)30)21-43-37(49)41(19-27(31)35(23)28)39(42,25-7-3-1-4-8-25)40(43,44)26-9-5-2-6-10-26/h1-18,45-48H,19-22H2. The summed E-state index contributed by atoms with van der Waals surface area (Å²) in [5, 5.41) is 48.6. The molecule has 50 heavy (non-hydrogen) atoms. The first-order chi connectivity index (χ1) is 24.3. The van der Waals surface area contributed by atoms with Crippen LogP contribution in [0.5, 0.6) is 23.0 Å². The molecule has 0 saturated carbocycles. The van der Waals surface area contributed by atoms with Crippen molar-refractivity contribution in [3.05, 3.63) is 143 Å². The minimum absolute atomic E-state index is 0.0391. The first kappa shape index (κ1) is 28.6. The summed E-state index contributed by atoms with van der Waals surface area (Å²) in [5.41, 5.74) is -0.0741. The summed E-state index contributed by atoms with van der Waals surface area (Å²) in [6, 6.07) is 31.4. The second-order valence-electron chi connectivity index (χ2n) is 13.4. The predicted molar refractivity (Wildman–Crippen MR) is 184 cm³/mol. The highest BCUT2D eigenvalue weighted by atomic mass is 16.3. The van der Waals surface area contributed by atoms with Crippen molar-refractivity contribution in [3.63, 3.8) is 0 Å². The topological polar surface area (TPSA) is 128 Å². The second-order valence-corrected chi connectivity index (χ2v) is 13.4. The van der Waals surface area contributed by atoms with E-state index in [9.17, 15) is 20.4 Å². The first-order valence-corrected chi connectivity index (χ1v) is 16.5. The zero-order chi connectivity index (χ0) is 34.1. The fraction of sp³-hybridized carbons (Fsp3) is 0.150. The number of rotatable bonds is 2. The summed E-state index contributed by atoms with van der Waals surface area (Å²) in [6.45, 7) is -0.427. The van der Waals surface area contributed by atoms with Crippen LogP contribution in [0.1, 0.15) is 33.4 Å². The molecule has 0 unspecified atom stereocenters. The van der Waals surface area contributed by atoms with E-state index in [0.717, 1.165) is 10.8 Å². The maximum absolute atomic E-state index is 15.6. The smallest absolute Gasteiger partial charge is 0.325 e. The maximum atomic E-state index is 15.6. The number of phenols is 4. The van der Waals surface area contributed by atoms with Crippen molar-refractivity contribution in [2.45, 2.75) is 37.5 Å². The third kappa shape index (κ3) is 3.19. The van der Waals surface area contributed by atoms with Crippen LogP contribution in [-0.4, -0.2) is 52.1 Å². The van der Waals surface area contributed by atoms with Gasteiger partial charge in [-0.1, -0.05) is 84.9 Å². The highest BCUT2D eigenvalue weighted by molar-refractivity contribution is 5.98. The number of benzene rings is 6. The lowest BCUT2D eigenvalue weighted by Crippen LogP contribution is -2.63. The van der Waals surface area contributed by atoms with Crippen LogP contribution in [0.15, 0.2) is 109 Å². The molecule has 4 heterocycles. The number of hydrogen-bond donors (Lipinski definition) is 4. The molecule has 6 aromatic rings. The van der Waals surface area contributed by atoms with Crippen molar-refractivity contribution in [2.75, 3.05) is 0 Å². The SMILES string of the molecule is O=C1N2Cc3c(O)ccc4ccc(O)c(c34)CN3C(=O)N4Cc5c(O)ccc6ccc(O)c(c56)CN1C4(c1ccccc1)C23c1ccccc1. The van der Waals surface area contributed by atoms with Crippen molar-refractivity contribution >= 4 is 33.6 Å². The van der Waals surface area contributed by atoms with Crippen LogP contribution in [0.2, 0.25) is 0 Å². The van der Waals surface area contributed by atoms with Gasteiger partial charge in [-0.15, -0.1) is 0 Å². The lowest BCUT2D eigenvalue weighted by atomic mass is 9.77. The largest absolute Gasteiger partial charge is 0.508 e. The number of phenolic OH excluding ortho intramolecular Hbond substituents is 4. The van der Waals surface area contributed by atoms with E-state index in [1.54, 1.807) is 68.1 Å². The van der Waals surface area contributed by atoms with Crippen LogP contribution in [0, 0.1) is 0 Å². The van der Waals surface area contributed by atoms with E-state index in [1.807, 2.05) is 60.7 Å². The molecule has 0 aliphatic carbocycles. The van der Waals surface area contributed by atoms with Gasteiger partial charge in [0.25, 0.3) is 0 Å². The van der Waals surface area contributed by atoms with E-state index in [2.05, 4.69) is 0 Å². The molecule has 2 fully saturated rings. The molecule has 246 valence electrons. The third-order valence-corrected chi connectivity index (χ3v) is 11.3. The molecule has 10 nitrogen and oxygen atoms in total. The molecule has 0 bridgehead atoms. The monoisotopic (exact) mass is 662 g/mol. The average molecular weight is 663 g/mol. The van der Waals surface area contributed by atoms with E-state index >= 15 is 9.59 Å². The Balaban J connectivity index is 1.39.